The fraction of sp³-hybridized carbons (Fsp3) is 0.350. The summed E-state index contributed by atoms with van der Waals surface area (Å²) in [5.74, 6) is 0.606. The Labute approximate surface area is 157 Å². The van der Waals surface area contributed by atoms with Crippen LogP contribution in [0.5, 0.6) is 5.75 Å². The highest BCUT2D eigenvalue weighted by molar-refractivity contribution is 14.1. The van der Waals surface area contributed by atoms with Crippen molar-refractivity contribution in [2.75, 3.05) is 5.32 Å². The summed E-state index contributed by atoms with van der Waals surface area (Å²) in [5.41, 5.74) is 2.91. The number of ether oxygens (including phenoxy) is 1. The highest BCUT2D eigenvalue weighted by Crippen LogP contribution is 2.31. The molecule has 2 rings (SSSR count). The molecule has 0 aromatic heterocycles. The molecule has 1 N–H and O–H groups in total. The van der Waals surface area contributed by atoms with Crippen LogP contribution in [0.1, 0.15) is 38.8 Å². The molecule has 0 aliphatic heterocycles. The van der Waals surface area contributed by atoms with Gasteiger partial charge in [0.25, 0.3) is 5.91 Å². The maximum Gasteiger partial charge on any atom is 0.265 e. The van der Waals surface area contributed by atoms with E-state index in [0.717, 1.165) is 26.1 Å². The summed E-state index contributed by atoms with van der Waals surface area (Å²) in [6.45, 7) is 10.2. The summed E-state index contributed by atoms with van der Waals surface area (Å²) in [7, 11) is 0. The van der Waals surface area contributed by atoms with Gasteiger partial charge in [-0.3, -0.25) is 4.79 Å². The van der Waals surface area contributed by atoms with Crippen LogP contribution in [0.2, 0.25) is 0 Å². The Balaban J connectivity index is 2.13. The monoisotopic (exact) mass is 437 g/mol. The van der Waals surface area contributed by atoms with Crippen LogP contribution in [0.3, 0.4) is 0 Å². The molecule has 1 unspecified atom stereocenters. The van der Waals surface area contributed by atoms with Crippen LogP contribution in [0.25, 0.3) is 0 Å². The predicted molar refractivity (Wildman–Crippen MR) is 108 cm³/mol. The molecule has 0 saturated carbocycles. The first-order chi connectivity index (χ1) is 11.2. The van der Waals surface area contributed by atoms with E-state index in [1.54, 1.807) is 6.92 Å². The van der Waals surface area contributed by atoms with Gasteiger partial charge in [-0.2, -0.15) is 0 Å². The third-order valence-corrected chi connectivity index (χ3v) is 4.49. The van der Waals surface area contributed by atoms with Crippen LogP contribution >= 0.6 is 22.6 Å². The number of para-hydroxylation sites is 1. The lowest BCUT2D eigenvalue weighted by Gasteiger charge is -2.24. The summed E-state index contributed by atoms with van der Waals surface area (Å²) in [6.07, 6.45) is -0.577. The molecule has 24 heavy (non-hydrogen) atoms. The molecular weight excluding hydrogens is 413 g/mol. The first-order valence-corrected chi connectivity index (χ1v) is 9.09. The van der Waals surface area contributed by atoms with Gasteiger partial charge in [0.1, 0.15) is 5.75 Å². The van der Waals surface area contributed by atoms with Crippen molar-refractivity contribution in [1.82, 2.24) is 0 Å². The summed E-state index contributed by atoms with van der Waals surface area (Å²) >= 11 is 2.26. The second kappa shape index (κ2) is 7.55. The average Bonchev–Trinajstić information content (AvgIpc) is 2.49. The van der Waals surface area contributed by atoms with Crippen molar-refractivity contribution < 1.29 is 9.53 Å². The molecule has 0 aliphatic rings. The van der Waals surface area contributed by atoms with Gasteiger partial charge in [-0.05, 0) is 77.2 Å². The van der Waals surface area contributed by atoms with E-state index in [1.807, 2.05) is 49.4 Å². The normalized spacial score (nSPS) is 12.6. The smallest absolute Gasteiger partial charge is 0.265 e. The maximum atomic E-state index is 12.5. The number of hydrogen-bond acceptors (Lipinski definition) is 2. The number of carbonyl (C=O) groups is 1. The molecule has 0 fully saturated rings. The van der Waals surface area contributed by atoms with Gasteiger partial charge in [-0.15, -0.1) is 0 Å². The molecule has 0 radical (unpaired) electrons. The van der Waals surface area contributed by atoms with E-state index in [-0.39, 0.29) is 11.3 Å². The second-order valence-electron chi connectivity index (χ2n) is 6.95. The molecule has 3 nitrogen and oxygen atoms in total. The Morgan fingerprint density at radius 2 is 1.83 bits per heavy atom. The van der Waals surface area contributed by atoms with Crippen molar-refractivity contribution in [2.24, 2.45) is 0 Å². The third-order valence-electron chi connectivity index (χ3n) is 3.81. The van der Waals surface area contributed by atoms with Crippen molar-refractivity contribution in [3.63, 3.8) is 0 Å². The fourth-order valence-electron chi connectivity index (χ4n) is 2.43. The number of benzene rings is 2. The molecule has 0 bridgehead atoms. The number of rotatable bonds is 4. The number of hydrogen-bond donors (Lipinski definition) is 1. The van der Waals surface area contributed by atoms with Crippen LogP contribution in [-0.4, -0.2) is 12.0 Å². The van der Waals surface area contributed by atoms with Gasteiger partial charge in [0, 0.05) is 9.26 Å². The minimum Gasteiger partial charge on any atom is -0.481 e. The van der Waals surface area contributed by atoms with Crippen molar-refractivity contribution in [2.45, 2.75) is 46.1 Å². The number of anilines is 1. The zero-order valence-corrected chi connectivity index (χ0v) is 17.0. The second-order valence-corrected chi connectivity index (χ2v) is 8.20. The van der Waals surface area contributed by atoms with Gasteiger partial charge < -0.3 is 10.1 Å². The summed E-state index contributed by atoms with van der Waals surface area (Å²) in [4.78, 5) is 12.5. The van der Waals surface area contributed by atoms with E-state index < -0.39 is 6.10 Å². The Morgan fingerprint density at radius 1 is 1.17 bits per heavy atom. The van der Waals surface area contributed by atoms with Gasteiger partial charge in [0.05, 0.1) is 0 Å². The minimum atomic E-state index is -0.577. The van der Waals surface area contributed by atoms with Crippen LogP contribution in [0, 0.1) is 10.5 Å². The first kappa shape index (κ1) is 18.8. The maximum absolute atomic E-state index is 12.5. The van der Waals surface area contributed by atoms with E-state index in [4.69, 9.17) is 4.74 Å². The van der Waals surface area contributed by atoms with E-state index in [0.29, 0.717) is 0 Å². The van der Waals surface area contributed by atoms with Crippen LogP contribution in [0.4, 0.5) is 5.69 Å². The van der Waals surface area contributed by atoms with Crippen molar-refractivity contribution in [3.05, 3.63) is 57.2 Å². The number of amides is 1. The first-order valence-electron chi connectivity index (χ1n) is 8.01. The quantitative estimate of drug-likeness (QED) is 0.659. The number of carbonyl (C=O) groups excluding carboxylic acids is 1. The number of aryl methyl sites for hydroxylation is 1. The summed E-state index contributed by atoms with van der Waals surface area (Å²) in [5, 5.41) is 2.95. The molecule has 0 spiro atoms. The summed E-state index contributed by atoms with van der Waals surface area (Å²) in [6, 6.07) is 13.8. The van der Waals surface area contributed by atoms with Crippen molar-refractivity contribution in [3.8, 4) is 5.75 Å². The van der Waals surface area contributed by atoms with E-state index in [1.165, 1.54) is 0 Å². The Morgan fingerprint density at radius 3 is 2.46 bits per heavy atom. The van der Waals surface area contributed by atoms with Gasteiger partial charge in [-0.25, -0.2) is 0 Å². The van der Waals surface area contributed by atoms with Gasteiger partial charge >= 0.3 is 0 Å². The van der Waals surface area contributed by atoms with Gasteiger partial charge in [-0.1, -0.05) is 39.0 Å². The van der Waals surface area contributed by atoms with Crippen LogP contribution in [0.15, 0.2) is 42.5 Å². The molecular formula is C20H24INO2. The Kier molecular flexibility index (Phi) is 5.91. The van der Waals surface area contributed by atoms with E-state index in [9.17, 15) is 4.79 Å². The fourth-order valence-corrected chi connectivity index (χ4v) is 3.08. The lowest BCUT2D eigenvalue weighted by molar-refractivity contribution is -0.122. The standard InChI is InChI=1S/C20H24INO2/c1-13-12-15(21)10-11-17(13)22-19(23)14(2)24-18-9-7-6-8-16(18)20(3,4)5/h6-12,14H,1-5H3,(H,22,23). The highest BCUT2D eigenvalue weighted by Gasteiger charge is 2.22. The van der Waals surface area contributed by atoms with Gasteiger partial charge in [0.2, 0.25) is 0 Å². The average molecular weight is 437 g/mol. The Bertz CT molecular complexity index is 735. The Hall–Kier alpha value is -1.56. The van der Waals surface area contributed by atoms with Crippen LogP contribution < -0.4 is 10.1 Å². The molecule has 0 heterocycles. The molecule has 0 saturated heterocycles. The van der Waals surface area contributed by atoms with Gasteiger partial charge in [0.15, 0.2) is 6.10 Å². The number of halogens is 1. The lowest BCUT2D eigenvalue weighted by Crippen LogP contribution is -2.31. The number of nitrogens with one attached hydrogen (secondary N) is 1. The van der Waals surface area contributed by atoms with Crippen molar-refractivity contribution in [1.29, 1.82) is 0 Å². The molecule has 2 aromatic rings. The zero-order valence-electron chi connectivity index (χ0n) is 14.8. The molecule has 0 aliphatic carbocycles. The van der Waals surface area contributed by atoms with Crippen LogP contribution in [-0.2, 0) is 10.2 Å². The highest BCUT2D eigenvalue weighted by atomic mass is 127. The van der Waals surface area contributed by atoms with E-state index >= 15 is 0 Å². The predicted octanol–water partition coefficient (Wildman–Crippen LogP) is 5.30. The summed E-state index contributed by atoms with van der Waals surface area (Å²) < 4.78 is 7.10. The zero-order chi connectivity index (χ0) is 17.9. The minimum absolute atomic E-state index is 0.0422. The molecule has 1 amide bonds. The van der Waals surface area contributed by atoms with Crippen molar-refractivity contribution >= 4 is 34.2 Å². The largest absolute Gasteiger partial charge is 0.481 e. The molecule has 2 aromatic carbocycles. The lowest BCUT2D eigenvalue weighted by atomic mass is 9.86. The molecule has 4 heteroatoms. The van der Waals surface area contributed by atoms with E-state index in [2.05, 4.69) is 48.7 Å². The topological polar surface area (TPSA) is 38.3 Å². The molecule has 1 atom stereocenters. The SMILES string of the molecule is Cc1cc(I)ccc1NC(=O)C(C)Oc1ccccc1C(C)(C)C. The molecule has 128 valence electrons. The third kappa shape index (κ3) is 4.72.